The number of aryl methyl sites for hydroxylation is 1. The van der Waals surface area contributed by atoms with E-state index in [0.717, 1.165) is 18.7 Å². The summed E-state index contributed by atoms with van der Waals surface area (Å²) in [5, 5.41) is 4.00. The lowest BCUT2D eigenvalue weighted by Gasteiger charge is -2.28. The van der Waals surface area contributed by atoms with Crippen LogP contribution in [0.15, 0.2) is 28.8 Å². The molecule has 0 aliphatic carbocycles. The van der Waals surface area contributed by atoms with Crippen LogP contribution in [0.2, 0.25) is 0 Å². The van der Waals surface area contributed by atoms with Crippen molar-refractivity contribution in [2.75, 3.05) is 18.0 Å². The number of nitrogens with zero attached hydrogens (tertiary/aromatic N) is 3. The molecule has 0 unspecified atom stereocenters. The van der Waals surface area contributed by atoms with Crippen LogP contribution in [-0.2, 0) is 11.2 Å². The van der Waals surface area contributed by atoms with E-state index < -0.39 is 0 Å². The SMILES string of the molecule is CC(=O)CCc1nc(-c2ccc(N3CCCCC3)cc2)no1. The topological polar surface area (TPSA) is 59.2 Å². The fraction of sp³-hybridized carbons (Fsp3) is 0.471. The van der Waals surface area contributed by atoms with E-state index in [4.69, 9.17) is 4.52 Å². The maximum Gasteiger partial charge on any atom is 0.227 e. The third-order valence-corrected chi connectivity index (χ3v) is 4.01. The molecule has 0 bridgehead atoms. The Hall–Kier alpha value is -2.17. The summed E-state index contributed by atoms with van der Waals surface area (Å²) in [5.74, 6) is 1.24. The Morgan fingerprint density at radius 2 is 1.91 bits per heavy atom. The number of carbonyl (C=O) groups is 1. The quantitative estimate of drug-likeness (QED) is 0.848. The lowest BCUT2D eigenvalue weighted by atomic mass is 10.1. The van der Waals surface area contributed by atoms with Crippen molar-refractivity contribution in [3.05, 3.63) is 30.2 Å². The highest BCUT2D eigenvalue weighted by Crippen LogP contribution is 2.23. The van der Waals surface area contributed by atoms with E-state index in [-0.39, 0.29) is 5.78 Å². The number of ketones is 1. The number of aromatic nitrogens is 2. The molecule has 1 saturated heterocycles. The van der Waals surface area contributed by atoms with Gasteiger partial charge in [-0.2, -0.15) is 4.98 Å². The number of carbonyl (C=O) groups excluding carboxylic acids is 1. The van der Waals surface area contributed by atoms with Gasteiger partial charge < -0.3 is 14.2 Å². The minimum absolute atomic E-state index is 0.130. The molecule has 0 atom stereocenters. The van der Waals surface area contributed by atoms with Gasteiger partial charge in [0, 0.05) is 37.2 Å². The third-order valence-electron chi connectivity index (χ3n) is 4.01. The Kier molecular flexibility index (Phi) is 4.51. The fourth-order valence-electron chi connectivity index (χ4n) is 2.73. The summed E-state index contributed by atoms with van der Waals surface area (Å²) < 4.78 is 5.19. The van der Waals surface area contributed by atoms with Crippen LogP contribution < -0.4 is 4.90 Å². The van der Waals surface area contributed by atoms with Crippen LogP contribution in [0.5, 0.6) is 0 Å². The Balaban J connectivity index is 1.68. The molecule has 1 fully saturated rings. The van der Waals surface area contributed by atoms with Crippen molar-refractivity contribution in [2.24, 2.45) is 0 Å². The summed E-state index contributed by atoms with van der Waals surface area (Å²) >= 11 is 0. The summed E-state index contributed by atoms with van der Waals surface area (Å²) in [6, 6.07) is 8.30. The third kappa shape index (κ3) is 3.53. The number of anilines is 1. The first-order valence-electron chi connectivity index (χ1n) is 7.90. The Morgan fingerprint density at radius 3 is 2.59 bits per heavy atom. The molecule has 1 aromatic carbocycles. The van der Waals surface area contributed by atoms with E-state index >= 15 is 0 Å². The first-order valence-corrected chi connectivity index (χ1v) is 7.90. The van der Waals surface area contributed by atoms with E-state index in [0.29, 0.717) is 24.6 Å². The van der Waals surface area contributed by atoms with Crippen molar-refractivity contribution in [1.82, 2.24) is 10.1 Å². The van der Waals surface area contributed by atoms with Crippen molar-refractivity contribution in [1.29, 1.82) is 0 Å². The Bertz CT molecular complexity index is 628. The van der Waals surface area contributed by atoms with Crippen molar-refractivity contribution in [3.8, 4) is 11.4 Å². The van der Waals surface area contributed by atoms with Crippen LogP contribution in [0.3, 0.4) is 0 Å². The molecule has 116 valence electrons. The Morgan fingerprint density at radius 1 is 1.18 bits per heavy atom. The van der Waals surface area contributed by atoms with Gasteiger partial charge in [0.25, 0.3) is 0 Å². The molecule has 22 heavy (non-hydrogen) atoms. The van der Waals surface area contributed by atoms with E-state index in [1.54, 1.807) is 6.92 Å². The normalized spacial score (nSPS) is 15.0. The molecule has 0 amide bonds. The monoisotopic (exact) mass is 299 g/mol. The van der Waals surface area contributed by atoms with Crippen LogP contribution in [0.1, 0.15) is 38.5 Å². The molecule has 5 nitrogen and oxygen atoms in total. The predicted octanol–water partition coefficient (Wildman–Crippen LogP) is 3.25. The molecule has 0 radical (unpaired) electrons. The van der Waals surface area contributed by atoms with Crippen molar-refractivity contribution < 1.29 is 9.32 Å². The summed E-state index contributed by atoms with van der Waals surface area (Å²) in [5.41, 5.74) is 2.20. The van der Waals surface area contributed by atoms with Crippen molar-refractivity contribution in [3.63, 3.8) is 0 Å². The van der Waals surface area contributed by atoms with Gasteiger partial charge in [-0.3, -0.25) is 0 Å². The van der Waals surface area contributed by atoms with Gasteiger partial charge in [-0.1, -0.05) is 5.16 Å². The molecule has 1 aliphatic heterocycles. The van der Waals surface area contributed by atoms with E-state index in [1.807, 2.05) is 12.1 Å². The number of benzene rings is 1. The number of hydrogen-bond donors (Lipinski definition) is 0. The van der Waals surface area contributed by atoms with Gasteiger partial charge in [0.15, 0.2) is 0 Å². The zero-order chi connectivity index (χ0) is 15.4. The zero-order valence-electron chi connectivity index (χ0n) is 12.9. The van der Waals surface area contributed by atoms with E-state index in [2.05, 4.69) is 27.2 Å². The lowest BCUT2D eigenvalue weighted by Crippen LogP contribution is -2.29. The predicted molar refractivity (Wildman–Crippen MR) is 84.8 cm³/mol. The zero-order valence-corrected chi connectivity index (χ0v) is 12.9. The molecular weight excluding hydrogens is 278 g/mol. The van der Waals surface area contributed by atoms with Gasteiger partial charge >= 0.3 is 0 Å². The minimum Gasteiger partial charge on any atom is -0.372 e. The first kappa shape index (κ1) is 14.8. The largest absolute Gasteiger partial charge is 0.372 e. The summed E-state index contributed by atoms with van der Waals surface area (Å²) in [6.45, 7) is 3.84. The molecule has 5 heteroatoms. The fourth-order valence-corrected chi connectivity index (χ4v) is 2.73. The number of hydrogen-bond acceptors (Lipinski definition) is 5. The second-order valence-electron chi connectivity index (χ2n) is 5.81. The highest BCUT2D eigenvalue weighted by molar-refractivity contribution is 5.75. The summed E-state index contributed by atoms with van der Waals surface area (Å²) in [7, 11) is 0. The van der Waals surface area contributed by atoms with Crippen LogP contribution in [-0.4, -0.2) is 29.0 Å². The maximum atomic E-state index is 11.0. The van der Waals surface area contributed by atoms with E-state index in [1.165, 1.54) is 24.9 Å². The molecule has 0 spiro atoms. The van der Waals surface area contributed by atoms with Gasteiger partial charge in [0.05, 0.1) is 0 Å². The van der Waals surface area contributed by atoms with Gasteiger partial charge in [-0.25, -0.2) is 0 Å². The standard InChI is InChI=1S/C17H21N3O2/c1-13(21)5-10-16-18-17(19-22-16)14-6-8-15(9-7-14)20-11-3-2-4-12-20/h6-9H,2-5,10-12H2,1H3. The molecule has 2 heterocycles. The number of piperidine rings is 1. The van der Waals surface area contributed by atoms with Gasteiger partial charge in [0.2, 0.25) is 11.7 Å². The number of Topliss-reactive ketones (excluding diaryl/α,β-unsaturated/α-hetero) is 1. The highest BCUT2D eigenvalue weighted by atomic mass is 16.5. The maximum absolute atomic E-state index is 11.0. The number of rotatable bonds is 5. The molecule has 1 aliphatic rings. The van der Waals surface area contributed by atoms with Crippen LogP contribution >= 0.6 is 0 Å². The molecule has 1 aromatic heterocycles. The van der Waals surface area contributed by atoms with Crippen LogP contribution in [0, 0.1) is 0 Å². The molecular formula is C17H21N3O2. The van der Waals surface area contributed by atoms with E-state index in [9.17, 15) is 4.79 Å². The van der Waals surface area contributed by atoms with Crippen molar-refractivity contribution in [2.45, 2.75) is 39.0 Å². The van der Waals surface area contributed by atoms with Gasteiger partial charge in [0.1, 0.15) is 5.78 Å². The molecule has 3 rings (SSSR count). The van der Waals surface area contributed by atoms with Gasteiger partial charge in [-0.05, 0) is 50.5 Å². The molecule has 2 aromatic rings. The second-order valence-corrected chi connectivity index (χ2v) is 5.81. The average molecular weight is 299 g/mol. The van der Waals surface area contributed by atoms with Gasteiger partial charge in [-0.15, -0.1) is 0 Å². The van der Waals surface area contributed by atoms with Crippen molar-refractivity contribution >= 4 is 11.5 Å². The minimum atomic E-state index is 0.130. The van der Waals surface area contributed by atoms with Crippen LogP contribution in [0.4, 0.5) is 5.69 Å². The highest BCUT2D eigenvalue weighted by Gasteiger charge is 2.12. The van der Waals surface area contributed by atoms with Crippen LogP contribution in [0.25, 0.3) is 11.4 Å². The second kappa shape index (κ2) is 6.73. The summed E-state index contributed by atoms with van der Waals surface area (Å²) in [4.78, 5) is 17.8. The smallest absolute Gasteiger partial charge is 0.227 e. The molecule has 0 saturated carbocycles. The average Bonchev–Trinajstić information content (AvgIpc) is 3.03. The lowest BCUT2D eigenvalue weighted by molar-refractivity contribution is -0.117. The summed E-state index contributed by atoms with van der Waals surface area (Å²) in [6.07, 6.45) is 4.82. The Labute approximate surface area is 130 Å². The first-order chi connectivity index (χ1) is 10.7. The molecule has 0 N–H and O–H groups in total.